The highest BCUT2D eigenvalue weighted by molar-refractivity contribution is 7.80. The van der Waals surface area contributed by atoms with Crippen molar-refractivity contribution in [2.75, 3.05) is 38.0 Å². The Morgan fingerprint density at radius 3 is 2.68 bits per heavy atom. The van der Waals surface area contributed by atoms with Crippen LogP contribution in [0, 0.1) is 0 Å². The fourth-order valence-electron chi connectivity index (χ4n) is 2.44. The molecule has 4 heteroatoms. The van der Waals surface area contributed by atoms with Gasteiger partial charge in [-0.25, -0.2) is 0 Å². The molecular formula is C15H23N3S. The smallest absolute Gasteiger partial charge is 0.173 e. The molecule has 19 heavy (non-hydrogen) atoms. The van der Waals surface area contributed by atoms with Crippen molar-refractivity contribution < 1.29 is 0 Å². The first-order valence-corrected chi connectivity index (χ1v) is 7.53. The molecule has 1 fully saturated rings. The third kappa shape index (κ3) is 4.48. The van der Waals surface area contributed by atoms with Crippen LogP contribution in [-0.2, 0) is 0 Å². The molecular weight excluding hydrogens is 254 g/mol. The summed E-state index contributed by atoms with van der Waals surface area (Å²) < 4.78 is 0. The third-order valence-electron chi connectivity index (χ3n) is 3.44. The van der Waals surface area contributed by atoms with Gasteiger partial charge in [0.25, 0.3) is 0 Å². The second-order valence-corrected chi connectivity index (χ2v) is 5.37. The van der Waals surface area contributed by atoms with Crippen LogP contribution in [0.1, 0.15) is 19.8 Å². The monoisotopic (exact) mass is 277 g/mol. The minimum absolute atomic E-state index is 0.851. The van der Waals surface area contributed by atoms with Crippen LogP contribution in [0.5, 0.6) is 0 Å². The van der Waals surface area contributed by atoms with Crippen LogP contribution in [0.3, 0.4) is 0 Å². The average Bonchev–Trinajstić information content (AvgIpc) is 2.66. The lowest BCUT2D eigenvalue weighted by Gasteiger charge is -2.24. The summed E-state index contributed by atoms with van der Waals surface area (Å²) in [5.41, 5.74) is 1.07. The van der Waals surface area contributed by atoms with Crippen molar-refractivity contribution in [2.24, 2.45) is 0 Å². The Hall–Kier alpha value is -1.13. The van der Waals surface area contributed by atoms with Crippen molar-refractivity contribution in [3.05, 3.63) is 30.3 Å². The lowest BCUT2D eigenvalue weighted by atomic mass is 10.3. The zero-order chi connectivity index (χ0) is 13.5. The first-order chi connectivity index (χ1) is 9.29. The summed E-state index contributed by atoms with van der Waals surface area (Å²) in [5.74, 6) is 0. The van der Waals surface area contributed by atoms with Gasteiger partial charge in [0, 0.05) is 25.3 Å². The van der Waals surface area contributed by atoms with E-state index in [0.717, 1.165) is 30.4 Å². The second-order valence-electron chi connectivity index (χ2n) is 4.98. The summed E-state index contributed by atoms with van der Waals surface area (Å²) in [4.78, 5) is 4.82. The largest absolute Gasteiger partial charge is 0.348 e. The Labute approximate surface area is 121 Å². The fourth-order valence-corrected chi connectivity index (χ4v) is 2.74. The van der Waals surface area contributed by atoms with E-state index in [1.807, 2.05) is 30.3 Å². The van der Waals surface area contributed by atoms with Crippen LogP contribution < -0.4 is 5.32 Å². The molecule has 1 heterocycles. The first kappa shape index (κ1) is 14.3. The normalized spacial score (nSPS) is 17.0. The van der Waals surface area contributed by atoms with Crippen molar-refractivity contribution in [3.63, 3.8) is 0 Å². The number of anilines is 1. The van der Waals surface area contributed by atoms with Gasteiger partial charge in [0.05, 0.1) is 0 Å². The van der Waals surface area contributed by atoms with Gasteiger partial charge in [-0.2, -0.15) is 0 Å². The molecule has 0 amide bonds. The van der Waals surface area contributed by atoms with Gasteiger partial charge >= 0.3 is 0 Å². The molecule has 0 spiro atoms. The lowest BCUT2D eigenvalue weighted by Crippen LogP contribution is -2.38. The number of nitrogens with one attached hydrogen (secondary N) is 1. The fraction of sp³-hybridized carbons (Fsp3) is 0.533. The van der Waals surface area contributed by atoms with Crippen LogP contribution in [-0.4, -0.2) is 47.6 Å². The van der Waals surface area contributed by atoms with Gasteiger partial charge in [0.2, 0.25) is 0 Å². The zero-order valence-corrected chi connectivity index (χ0v) is 12.5. The van der Waals surface area contributed by atoms with E-state index >= 15 is 0 Å². The van der Waals surface area contributed by atoms with E-state index in [1.165, 1.54) is 25.9 Å². The van der Waals surface area contributed by atoms with Gasteiger partial charge in [0.15, 0.2) is 5.11 Å². The maximum atomic E-state index is 5.52. The van der Waals surface area contributed by atoms with Gasteiger partial charge in [-0.3, -0.25) is 0 Å². The second kappa shape index (κ2) is 7.46. The van der Waals surface area contributed by atoms with Gasteiger partial charge < -0.3 is 15.1 Å². The molecule has 0 atom stereocenters. The molecule has 104 valence electrons. The van der Waals surface area contributed by atoms with E-state index in [0.29, 0.717) is 0 Å². The summed E-state index contributed by atoms with van der Waals surface area (Å²) in [6.07, 6.45) is 2.42. The Morgan fingerprint density at radius 2 is 1.95 bits per heavy atom. The van der Waals surface area contributed by atoms with E-state index < -0.39 is 0 Å². The standard InChI is InChI=1S/C15H23N3S/c1-2-9-17-10-6-11-18(13-12-17)15(19)16-14-7-4-3-5-8-14/h3-5,7-8H,2,6,9-13H2,1H3,(H,16,19). The zero-order valence-electron chi connectivity index (χ0n) is 11.6. The van der Waals surface area contributed by atoms with Gasteiger partial charge in [-0.05, 0) is 50.3 Å². The maximum absolute atomic E-state index is 5.52. The minimum Gasteiger partial charge on any atom is -0.348 e. The van der Waals surface area contributed by atoms with Crippen molar-refractivity contribution in [1.82, 2.24) is 9.80 Å². The van der Waals surface area contributed by atoms with Crippen LogP contribution in [0.4, 0.5) is 5.69 Å². The topological polar surface area (TPSA) is 18.5 Å². The van der Waals surface area contributed by atoms with E-state index in [-0.39, 0.29) is 0 Å². The van der Waals surface area contributed by atoms with Crippen LogP contribution in [0.25, 0.3) is 0 Å². The van der Waals surface area contributed by atoms with Crippen molar-refractivity contribution in [3.8, 4) is 0 Å². The average molecular weight is 277 g/mol. The number of benzene rings is 1. The van der Waals surface area contributed by atoms with Gasteiger partial charge in [0.1, 0.15) is 0 Å². The van der Waals surface area contributed by atoms with E-state index in [1.54, 1.807) is 0 Å². The molecule has 1 saturated heterocycles. The highest BCUT2D eigenvalue weighted by Gasteiger charge is 2.16. The molecule has 1 aliphatic rings. The number of para-hydroxylation sites is 1. The summed E-state index contributed by atoms with van der Waals surface area (Å²) >= 11 is 5.52. The highest BCUT2D eigenvalue weighted by Crippen LogP contribution is 2.09. The van der Waals surface area contributed by atoms with E-state index in [2.05, 4.69) is 22.0 Å². The quantitative estimate of drug-likeness (QED) is 0.856. The molecule has 1 N–H and O–H groups in total. The van der Waals surface area contributed by atoms with Crippen LogP contribution in [0.2, 0.25) is 0 Å². The van der Waals surface area contributed by atoms with E-state index in [9.17, 15) is 0 Å². The van der Waals surface area contributed by atoms with Crippen LogP contribution in [0.15, 0.2) is 30.3 Å². The van der Waals surface area contributed by atoms with Gasteiger partial charge in [-0.15, -0.1) is 0 Å². The number of nitrogens with zero attached hydrogens (tertiary/aromatic N) is 2. The van der Waals surface area contributed by atoms with E-state index in [4.69, 9.17) is 12.2 Å². The maximum Gasteiger partial charge on any atom is 0.173 e. The summed E-state index contributed by atoms with van der Waals surface area (Å²) in [5, 5.41) is 4.18. The first-order valence-electron chi connectivity index (χ1n) is 7.13. The Balaban J connectivity index is 1.86. The predicted molar refractivity (Wildman–Crippen MR) is 85.6 cm³/mol. The Morgan fingerprint density at radius 1 is 1.16 bits per heavy atom. The Bertz CT molecular complexity index is 394. The third-order valence-corrected chi connectivity index (χ3v) is 3.80. The number of hydrogen-bond donors (Lipinski definition) is 1. The van der Waals surface area contributed by atoms with Gasteiger partial charge in [-0.1, -0.05) is 25.1 Å². The predicted octanol–water partition coefficient (Wildman–Crippen LogP) is 2.80. The van der Waals surface area contributed by atoms with Crippen molar-refractivity contribution >= 4 is 23.0 Å². The SMILES string of the molecule is CCCN1CCCN(C(=S)Nc2ccccc2)CC1. The summed E-state index contributed by atoms with van der Waals surface area (Å²) in [6.45, 7) is 7.83. The summed E-state index contributed by atoms with van der Waals surface area (Å²) in [7, 11) is 0. The highest BCUT2D eigenvalue weighted by atomic mass is 32.1. The molecule has 0 saturated carbocycles. The minimum atomic E-state index is 0.851. The molecule has 1 aliphatic heterocycles. The molecule has 0 radical (unpaired) electrons. The number of hydrogen-bond acceptors (Lipinski definition) is 2. The molecule has 0 aliphatic carbocycles. The lowest BCUT2D eigenvalue weighted by molar-refractivity contribution is 0.287. The van der Waals surface area contributed by atoms with Crippen molar-refractivity contribution in [1.29, 1.82) is 0 Å². The van der Waals surface area contributed by atoms with Crippen molar-refractivity contribution in [2.45, 2.75) is 19.8 Å². The number of rotatable bonds is 3. The molecule has 1 aromatic rings. The molecule has 1 aromatic carbocycles. The van der Waals surface area contributed by atoms with Crippen LogP contribution >= 0.6 is 12.2 Å². The summed E-state index contributed by atoms with van der Waals surface area (Å²) in [6, 6.07) is 10.2. The molecule has 0 aromatic heterocycles. The molecule has 3 nitrogen and oxygen atoms in total. The Kier molecular flexibility index (Phi) is 5.61. The molecule has 0 unspecified atom stereocenters. The molecule has 0 bridgehead atoms. The number of thiocarbonyl (C=S) groups is 1. The molecule has 2 rings (SSSR count).